The molecule has 1 aliphatic heterocycles. The summed E-state index contributed by atoms with van der Waals surface area (Å²) < 4.78 is 10.6. The third-order valence-electron chi connectivity index (χ3n) is 4.80. The molecule has 1 fully saturated rings. The predicted molar refractivity (Wildman–Crippen MR) is 93.1 cm³/mol. The van der Waals surface area contributed by atoms with Crippen LogP contribution in [0.25, 0.3) is 0 Å². The van der Waals surface area contributed by atoms with Crippen molar-refractivity contribution in [2.24, 2.45) is 11.8 Å². The Morgan fingerprint density at radius 2 is 1.68 bits per heavy atom. The third-order valence-corrected chi connectivity index (χ3v) is 4.80. The smallest absolute Gasteiger partial charge is 0.231 e. The summed E-state index contributed by atoms with van der Waals surface area (Å²) in [6, 6.07) is 5.86. The van der Waals surface area contributed by atoms with Gasteiger partial charge in [-0.2, -0.15) is 0 Å². The van der Waals surface area contributed by atoms with E-state index in [2.05, 4.69) is 10.6 Å². The molecule has 25 heavy (non-hydrogen) atoms. The number of benzene rings is 1. The summed E-state index contributed by atoms with van der Waals surface area (Å²) >= 11 is 0. The molecule has 6 heteroatoms. The minimum atomic E-state index is -0.00268. The van der Waals surface area contributed by atoms with Crippen LogP contribution in [-0.2, 0) is 16.1 Å². The first-order valence-corrected chi connectivity index (χ1v) is 8.99. The fourth-order valence-electron chi connectivity index (χ4n) is 3.40. The van der Waals surface area contributed by atoms with E-state index in [4.69, 9.17) is 9.47 Å². The molecule has 6 nitrogen and oxygen atoms in total. The van der Waals surface area contributed by atoms with Crippen molar-refractivity contribution in [3.8, 4) is 11.5 Å². The Bertz CT molecular complexity index is 636. The van der Waals surface area contributed by atoms with Gasteiger partial charge in [0, 0.05) is 24.4 Å². The predicted octanol–water partition coefficient (Wildman–Crippen LogP) is 2.36. The molecule has 0 saturated heterocycles. The highest BCUT2D eigenvalue weighted by Crippen LogP contribution is 2.33. The van der Waals surface area contributed by atoms with Crippen LogP contribution in [0.3, 0.4) is 0 Å². The van der Waals surface area contributed by atoms with Crippen LogP contribution >= 0.6 is 0 Å². The Morgan fingerprint density at radius 3 is 2.36 bits per heavy atom. The second kappa shape index (κ2) is 7.76. The SMILES string of the molecule is CC(C)NC(=O)C1CCC(C(=O)NCc2ccc3c(c2)OCO3)CC1. The van der Waals surface area contributed by atoms with E-state index in [0.717, 1.165) is 42.7 Å². The van der Waals surface area contributed by atoms with Crippen LogP contribution in [0.4, 0.5) is 0 Å². The molecule has 1 heterocycles. The van der Waals surface area contributed by atoms with Gasteiger partial charge in [0.2, 0.25) is 18.6 Å². The highest BCUT2D eigenvalue weighted by atomic mass is 16.7. The van der Waals surface area contributed by atoms with Gasteiger partial charge < -0.3 is 20.1 Å². The lowest BCUT2D eigenvalue weighted by Crippen LogP contribution is -2.39. The highest BCUT2D eigenvalue weighted by Gasteiger charge is 2.30. The van der Waals surface area contributed by atoms with Gasteiger partial charge in [-0.3, -0.25) is 9.59 Å². The number of nitrogens with one attached hydrogen (secondary N) is 2. The van der Waals surface area contributed by atoms with Crippen molar-refractivity contribution in [1.29, 1.82) is 0 Å². The van der Waals surface area contributed by atoms with Crippen LogP contribution in [-0.4, -0.2) is 24.6 Å². The molecule has 1 aromatic rings. The zero-order chi connectivity index (χ0) is 17.8. The maximum atomic E-state index is 12.4. The quantitative estimate of drug-likeness (QED) is 0.858. The monoisotopic (exact) mass is 346 g/mol. The first-order valence-electron chi connectivity index (χ1n) is 8.99. The summed E-state index contributed by atoms with van der Waals surface area (Å²) in [4.78, 5) is 24.4. The lowest BCUT2D eigenvalue weighted by molar-refractivity contribution is -0.130. The number of ether oxygens (including phenoxy) is 2. The van der Waals surface area contributed by atoms with Crippen molar-refractivity contribution in [3.05, 3.63) is 23.8 Å². The summed E-state index contributed by atoms with van der Waals surface area (Å²) in [6.45, 7) is 4.65. The van der Waals surface area contributed by atoms with E-state index in [0.29, 0.717) is 6.54 Å². The Morgan fingerprint density at radius 1 is 1.04 bits per heavy atom. The number of carbonyl (C=O) groups excluding carboxylic acids is 2. The van der Waals surface area contributed by atoms with Gasteiger partial charge in [-0.1, -0.05) is 6.07 Å². The van der Waals surface area contributed by atoms with Crippen molar-refractivity contribution in [2.45, 2.75) is 52.1 Å². The molecule has 2 aliphatic rings. The van der Waals surface area contributed by atoms with Gasteiger partial charge in [0.15, 0.2) is 11.5 Å². The standard InChI is InChI=1S/C19H26N2O4/c1-12(2)21-19(23)15-6-4-14(5-7-15)18(22)20-10-13-3-8-16-17(9-13)25-11-24-16/h3,8-9,12,14-15H,4-7,10-11H2,1-2H3,(H,20,22)(H,21,23). The van der Waals surface area contributed by atoms with Gasteiger partial charge in [0.05, 0.1) is 0 Å². The van der Waals surface area contributed by atoms with Crippen LogP contribution in [0.15, 0.2) is 18.2 Å². The molecule has 0 aromatic heterocycles. The van der Waals surface area contributed by atoms with E-state index in [1.807, 2.05) is 32.0 Å². The molecule has 0 atom stereocenters. The van der Waals surface area contributed by atoms with E-state index in [-0.39, 0.29) is 36.5 Å². The molecule has 3 rings (SSSR count). The number of hydrogen-bond acceptors (Lipinski definition) is 4. The summed E-state index contributed by atoms with van der Waals surface area (Å²) in [5, 5.41) is 5.96. The van der Waals surface area contributed by atoms with Crippen molar-refractivity contribution in [1.82, 2.24) is 10.6 Å². The van der Waals surface area contributed by atoms with Crippen molar-refractivity contribution in [3.63, 3.8) is 0 Å². The maximum Gasteiger partial charge on any atom is 0.231 e. The lowest BCUT2D eigenvalue weighted by atomic mass is 9.81. The average molecular weight is 346 g/mol. The zero-order valence-electron chi connectivity index (χ0n) is 14.8. The number of fused-ring (bicyclic) bond motifs is 1. The molecule has 1 saturated carbocycles. The zero-order valence-corrected chi connectivity index (χ0v) is 14.8. The molecule has 136 valence electrons. The van der Waals surface area contributed by atoms with E-state index in [1.165, 1.54) is 0 Å². The fourth-order valence-corrected chi connectivity index (χ4v) is 3.40. The minimum absolute atomic E-state index is 0.00268. The van der Waals surface area contributed by atoms with E-state index in [9.17, 15) is 9.59 Å². The molecule has 1 aliphatic carbocycles. The summed E-state index contributed by atoms with van der Waals surface area (Å²) in [5.41, 5.74) is 0.989. The van der Waals surface area contributed by atoms with Crippen molar-refractivity contribution < 1.29 is 19.1 Å². The van der Waals surface area contributed by atoms with Gasteiger partial charge in [-0.25, -0.2) is 0 Å². The minimum Gasteiger partial charge on any atom is -0.454 e. The number of rotatable bonds is 5. The lowest BCUT2D eigenvalue weighted by Gasteiger charge is -2.27. The van der Waals surface area contributed by atoms with Gasteiger partial charge >= 0.3 is 0 Å². The normalized spacial score (nSPS) is 21.9. The number of amides is 2. The van der Waals surface area contributed by atoms with Crippen LogP contribution in [0, 0.1) is 11.8 Å². The molecule has 0 bridgehead atoms. The molecule has 0 radical (unpaired) electrons. The highest BCUT2D eigenvalue weighted by molar-refractivity contribution is 5.81. The van der Waals surface area contributed by atoms with Crippen LogP contribution in [0.2, 0.25) is 0 Å². The molecular formula is C19H26N2O4. The number of carbonyl (C=O) groups is 2. The molecule has 2 amide bonds. The Balaban J connectivity index is 1.44. The third kappa shape index (κ3) is 4.44. The maximum absolute atomic E-state index is 12.4. The van der Waals surface area contributed by atoms with Crippen molar-refractivity contribution >= 4 is 11.8 Å². The van der Waals surface area contributed by atoms with Gasteiger partial charge in [0.1, 0.15) is 0 Å². The van der Waals surface area contributed by atoms with E-state index >= 15 is 0 Å². The Labute approximate surface area is 148 Å². The molecule has 2 N–H and O–H groups in total. The molecular weight excluding hydrogens is 320 g/mol. The van der Waals surface area contributed by atoms with Gasteiger partial charge in [0.25, 0.3) is 0 Å². The molecule has 0 unspecified atom stereocenters. The topological polar surface area (TPSA) is 76.7 Å². The van der Waals surface area contributed by atoms with Crippen molar-refractivity contribution in [2.75, 3.05) is 6.79 Å². The average Bonchev–Trinajstić information content (AvgIpc) is 3.07. The van der Waals surface area contributed by atoms with Crippen LogP contribution in [0.1, 0.15) is 45.1 Å². The summed E-state index contributed by atoms with van der Waals surface area (Å²) in [7, 11) is 0. The van der Waals surface area contributed by atoms with Crippen LogP contribution < -0.4 is 20.1 Å². The largest absolute Gasteiger partial charge is 0.454 e. The van der Waals surface area contributed by atoms with Gasteiger partial charge in [-0.05, 0) is 57.2 Å². The summed E-state index contributed by atoms with van der Waals surface area (Å²) in [6.07, 6.45) is 3.09. The van der Waals surface area contributed by atoms with Gasteiger partial charge in [-0.15, -0.1) is 0 Å². The van der Waals surface area contributed by atoms with E-state index in [1.54, 1.807) is 0 Å². The second-order valence-electron chi connectivity index (χ2n) is 7.12. The fraction of sp³-hybridized carbons (Fsp3) is 0.579. The first kappa shape index (κ1) is 17.6. The molecule has 1 aromatic carbocycles. The Hall–Kier alpha value is -2.24. The Kier molecular flexibility index (Phi) is 5.46. The number of hydrogen-bond donors (Lipinski definition) is 2. The second-order valence-corrected chi connectivity index (χ2v) is 7.12. The first-order chi connectivity index (χ1) is 12.0. The summed E-state index contributed by atoms with van der Waals surface area (Å²) in [5.74, 6) is 1.70. The molecule has 0 spiro atoms. The van der Waals surface area contributed by atoms with Crippen LogP contribution in [0.5, 0.6) is 11.5 Å². The van der Waals surface area contributed by atoms with E-state index < -0.39 is 0 Å².